The van der Waals surface area contributed by atoms with Gasteiger partial charge in [-0.2, -0.15) is 5.10 Å². The summed E-state index contributed by atoms with van der Waals surface area (Å²) >= 11 is 0. The van der Waals surface area contributed by atoms with Gasteiger partial charge in [0.2, 0.25) is 0 Å². The molecule has 130 valence electrons. The third-order valence-corrected chi connectivity index (χ3v) is 3.86. The summed E-state index contributed by atoms with van der Waals surface area (Å²) in [5, 5.41) is 20.2. The van der Waals surface area contributed by atoms with Gasteiger partial charge in [-0.1, -0.05) is 32.9 Å². The molecule has 1 aromatic carbocycles. The molecule has 24 heavy (non-hydrogen) atoms. The lowest BCUT2D eigenvalue weighted by atomic mass is 10.0. The Morgan fingerprint density at radius 3 is 2.50 bits per heavy atom. The second-order valence-corrected chi connectivity index (χ2v) is 6.22. The predicted octanol–water partition coefficient (Wildman–Crippen LogP) is 2.43. The van der Waals surface area contributed by atoms with Crippen LogP contribution in [-0.2, 0) is 0 Å². The normalized spacial score (nSPS) is 12.4. The number of nitrogens with one attached hydrogen (secondary N) is 2. The van der Waals surface area contributed by atoms with Crippen molar-refractivity contribution in [2.75, 3.05) is 13.1 Å². The van der Waals surface area contributed by atoms with Gasteiger partial charge in [0, 0.05) is 12.6 Å². The number of carbonyl (C=O) groups excluding carboxylic acids is 1. The highest BCUT2D eigenvalue weighted by molar-refractivity contribution is 5.94. The van der Waals surface area contributed by atoms with E-state index in [1.165, 1.54) is 16.4 Å². The molecule has 0 spiro atoms. The number of aromatic hydroxyl groups is 1. The van der Waals surface area contributed by atoms with Crippen molar-refractivity contribution >= 4 is 5.91 Å². The summed E-state index contributed by atoms with van der Waals surface area (Å²) in [6.45, 7) is 9.57. The summed E-state index contributed by atoms with van der Waals surface area (Å²) in [5.74, 6) is -0.0588. The molecule has 0 radical (unpaired) electrons. The molecule has 1 heterocycles. The topological polar surface area (TPSA) is 79.2 Å². The van der Waals surface area contributed by atoms with Crippen LogP contribution in [0, 0.1) is 0 Å². The molecule has 0 saturated heterocycles. The minimum Gasteiger partial charge on any atom is -0.504 e. The smallest absolute Gasteiger partial charge is 0.275 e. The van der Waals surface area contributed by atoms with Crippen LogP contribution in [0.25, 0.3) is 5.69 Å². The highest BCUT2D eigenvalue weighted by atomic mass is 16.3. The zero-order valence-electron chi connectivity index (χ0n) is 14.7. The van der Waals surface area contributed by atoms with E-state index < -0.39 is 0 Å². The molecule has 0 saturated carbocycles. The van der Waals surface area contributed by atoms with E-state index in [9.17, 15) is 9.90 Å². The van der Waals surface area contributed by atoms with Crippen LogP contribution in [0.4, 0.5) is 0 Å². The van der Waals surface area contributed by atoms with Gasteiger partial charge in [-0.05, 0) is 37.1 Å². The van der Waals surface area contributed by atoms with Gasteiger partial charge in [-0.25, -0.2) is 4.68 Å². The average molecular weight is 330 g/mol. The first-order valence-electron chi connectivity index (χ1n) is 8.33. The Bertz CT molecular complexity index is 677. The zero-order valence-corrected chi connectivity index (χ0v) is 14.7. The highest BCUT2D eigenvalue weighted by Gasteiger charge is 2.17. The van der Waals surface area contributed by atoms with Gasteiger partial charge < -0.3 is 15.7 Å². The summed E-state index contributed by atoms with van der Waals surface area (Å²) in [5.41, 5.74) is 2.06. The van der Waals surface area contributed by atoms with E-state index in [0.717, 1.165) is 12.2 Å². The van der Waals surface area contributed by atoms with Crippen molar-refractivity contribution in [1.29, 1.82) is 0 Å². The Kier molecular flexibility index (Phi) is 5.98. The molecule has 6 nitrogen and oxygen atoms in total. The van der Waals surface area contributed by atoms with Crippen LogP contribution in [0.3, 0.4) is 0 Å². The van der Waals surface area contributed by atoms with Crippen molar-refractivity contribution in [1.82, 2.24) is 20.4 Å². The minimum atomic E-state index is -0.380. The first kappa shape index (κ1) is 18.0. The molecule has 1 aromatic heterocycles. The fraction of sp³-hybridized carbons (Fsp3) is 0.444. The summed E-state index contributed by atoms with van der Waals surface area (Å²) in [4.78, 5) is 12.2. The fourth-order valence-electron chi connectivity index (χ4n) is 2.42. The molecule has 0 aliphatic rings. The fourth-order valence-corrected chi connectivity index (χ4v) is 2.42. The van der Waals surface area contributed by atoms with Crippen molar-refractivity contribution in [3.05, 3.63) is 41.7 Å². The number of amides is 1. The number of aromatic nitrogens is 2. The van der Waals surface area contributed by atoms with Gasteiger partial charge in [0.1, 0.15) is 0 Å². The van der Waals surface area contributed by atoms with Gasteiger partial charge in [0.25, 0.3) is 5.91 Å². The van der Waals surface area contributed by atoms with E-state index in [1.807, 2.05) is 38.1 Å². The monoisotopic (exact) mass is 330 g/mol. The number of carbonyl (C=O) groups is 1. The molecular weight excluding hydrogens is 304 g/mol. The van der Waals surface area contributed by atoms with Gasteiger partial charge in [0.05, 0.1) is 11.9 Å². The van der Waals surface area contributed by atoms with Gasteiger partial charge >= 0.3 is 0 Å². The number of benzene rings is 1. The lowest BCUT2D eigenvalue weighted by Crippen LogP contribution is -2.39. The van der Waals surface area contributed by atoms with Crippen LogP contribution in [-0.4, -0.2) is 39.9 Å². The molecule has 0 aliphatic heterocycles. The molecule has 0 fully saturated rings. The number of likely N-dealkylation sites (N-methyl/N-ethyl adjacent to an activating group) is 1. The lowest BCUT2D eigenvalue weighted by Gasteiger charge is -2.12. The van der Waals surface area contributed by atoms with E-state index in [4.69, 9.17) is 0 Å². The van der Waals surface area contributed by atoms with E-state index in [1.54, 1.807) is 0 Å². The first-order chi connectivity index (χ1) is 11.4. The maximum atomic E-state index is 12.2. The quantitative estimate of drug-likeness (QED) is 0.728. The Morgan fingerprint density at radius 1 is 1.25 bits per heavy atom. The van der Waals surface area contributed by atoms with E-state index in [2.05, 4.69) is 29.6 Å². The standard InChI is InChI=1S/C18H26N4O2/c1-5-19-13(4)10-20-18(24)17-16(23)11-22(21-17)15-8-6-14(7-9-15)12(2)3/h6-9,11-13,19,23H,5,10H2,1-4H3,(H,20,24)/t13-/m1/s1. The Balaban J connectivity index is 2.10. The van der Waals surface area contributed by atoms with E-state index in [0.29, 0.717) is 12.5 Å². The van der Waals surface area contributed by atoms with Crippen LogP contribution in [0.2, 0.25) is 0 Å². The molecule has 3 N–H and O–H groups in total. The Labute approximate surface area is 142 Å². The first-order valence-corrected chi connectivity index (χ1v) is 8.33. The van der Waals surface area contributed by atoms with E-state index in [-0.39, 0.29) is 23.4 Å². The summed E-state index contributed by atoms with van der Waals surface area (Å²) in [6.07, 6.45) is 1.45. The second kappa shape index (κ2) is 7.97. The summed E-state index contributed by atoms with van der Waals surface area (Å²) in [6, 6.07) is 8.06. The van der Waals surface area contributed by atoms with Crippen molar-refractivity contribution in [3.8, 4) is 11.4 Å². The van der Waals surface area contributed by atoms with Gasteiger partial charge in [-0.3, -0.25) is 4.79 Å². The summed E-state index contributed by atoms with van der Waals surface area (Å²) in [7, 11) is 0. The zero-order chi connectivity index (χ0) is 17.7. The molecule has 1 amide bonds. The largest absolute Gasteiger partial charge is 0.504 e. The molecular formula is C18H26N4O2. The lowest BCUT2D eigenvalue weighted by molar-refractivity contribution is 0.0942. The number of hydrogen-bond acceptors (Lipinski definition) is 4. The third-order valence-electron chi connectivity index (χ3n) is 3.86. The van der Waals surface area contributed by atoms with E-state index >= 15 is 0 Å². The summed E-state index contributed by atoms with van der Waals surface area (Å²) < 4.78 is 1.52. The molecule has 0 unspecified atom stereocenters. The predicted molar refractivity (Wildman–Crippen MR) is 94.8 cm³/mol. The van der Waals surface area contributed by atoms with Gasteiger partial charge in [-0.15, -0.1) is 0 Å². The van der Waals surface area contributed by atoms with Crippen molar-refractivity contribution in [2.45, 2.75) is 39.7 Å². The number of nitrogens with zero attached hydrogens (tertiary/aromatic N) is 2. The maximum absolute atomic E-state index is 12.2. The van der Waals surface area contributed by atoms with Crippen LogP contribution >= 0.6 is 0 Å². The Morgan fingerprint density at radius 2 is 1.92 bits per heavy atom. The molecule has 0 aliphatic carbocycles. The molecule has 1 atom stereocenters. The number of hydrogen-bond donors (Lipinski definition) is 3. The third kappa shape index (κ3) is 4.35. The molecule has 0 bridgehead atoms. The minimum absolute atomic E-state index is 0.0339. The van der Waals surface area contributed by atoms with Crippen molar-refractivity contribution in [3.63, 3.8) is 0 Å². The average Bonchev–Trinajstić information content (AvgIpc) is 2.95. The second-order valence-electron chi connectivity index (χ2n) is 6.22. The maximum Gasteiger partial charge on any atom is 0.275 e. The van der Waals surface area contributed by atoms with Crippen LogP contribution in [0.1, 0.15) is 49.7 Å². The molecule has 2 aromatic rings. The Hall–Kier alpha value is -2.34. The van der Waals surface area contributed by atoms with Crippen LogP contribution < -0.4 is 10.6 Å². The molecule has 2 rings (SSSR count). The van der Waals surface area contributed by atoms with Crippen molar-refractivity contribution < 1.29 is 9.90 Å². The van der Waals surface area contributed by atoms with Crippen LogP contribution in [0.15, 0.2) is 30.5 Å². The van der Waals surface area contributed by atoms with Gasteiger partial charge in [0.15, 0.2) is 11.4 Å². The number of rotatable bonds is 7. The van der Waals surface area contributed by atoms with Crippen LogP contribution in [0.5, 0.6) is 5.75 Å². The highest BCUT2D eigenvalue weighted by Crippen LogP contribution is 2.20. The van der Waals surface area contributed by atoms with Crippen molar-refractivity contribution in [2.24, 2.45) is 0 Å². The SMILES string of the molecule is CCN[C@H](C)CNC(=O)c1nn(-c2ccc(C(C)C)cc2)cc1O. The molecule has 6 heteroatoms.